The van der Waals surface area contributed by atoms with Crippen LogP contribution in [0, 0.1) is 0 Å². The highest BCUT2D eigenvalue weighted by atomic mass is 32.1. The molecule has 0 aliphatic carbocycles. The van der Waals surface area contributed by atoms with Crippen molar-refractivity contribution >= 4 is 38.5 Å². The number of nitrogens with one attached hydrogen (secondary N) is 1. The summed E-state index contributed by atoms with van der Waals surface area (Å²) in [6, 6.07) is 21.3. The zero-order valence-electron chi connectivity index (χ0n) is 16.3. The van der Waals surface area contributed by atoms with Crippen LogP contribution in [0.5, 0.6) is 0 Å². The van der Waals surface area contributed by atoms with Gasteiger partial charge in [-0.15, -0.1) is 11.3 Å². The first-order valence-corrected chi connectivity index (χ1v) is 10.5. The number of benzene rings is 2. The lowest BCUT2D eigenvalue weighted by molar-refractivity contribution is -0.122. The van der Waals surface area contributed by atoms with Gasteiger partial charge in [-0.05, 0) is 43.3 Å². The third-order valence-corrected chi connectivity index (χ3v) is 6.13. The summed E-state index contributed by atoms with van der Waals surface area (Å²) >= 11 is 1.60. The van der Waals surface area contributed by atoms with Crippen LogP contribution >= 0.6 is 11.3 Å². The van der Waals surface area contributed by atoms with Crippen molar-refractivity contribution in [3.8, 4) is 11.5 Å². The van der Waals surface area contributed by atoms with Crippen LogP contribution in [0.3, 0.4) is 0 Å². The Kier molecular flexibility index (Phi) is 4.72. The van der Waals surface area contributed by atoms with E-state index in [1.165, 1.54) is 0 Å². The van der Waals surface area contributed by atoms with E-state index in [-0.39, 0.29) is 18.5 Å². The highest BCUT2D eigenvalue weighted by molar-refractivity contribution is 7.18. The monoisotopic (exact) mass is 413 g/mol. The molecule has 30 heavy (non-hydrogen) atoms. The van der Waals surface area contributed by atoms with Gasteiger partial charge < -0.3 is 9.88 Å². The van der Waals surface area contributed by atoms with Gasteiger partial charge in [0.2, 0.25) is 5.91 Å². The zero-order valence-corrected chi connectivity index (χ0v) is 17.1. The van der Waals surface area contributed by atoms with E-state index in [1.54, 1.807) is 17.5 Å². The van der Waals surface area contributed by atoms with Crippen molar-refractivity contribution in [2.45, 2.75) is 19.5 Å². The normalized spacial score (nSPS) is 12.3. The lowest BCUT2D eigenvalue weighted by atomic mass is 10.3. The first-order valence-electron chi connectivity index (χ1n) is 9.70. The molecule has 5 rings (SSSR count). The fraction of sp³-hybridized carbons (Fsp3) is 0.130. The van der Waals surface area contributed by atoms with Crippen molar-refractivity contribution in [1.82, 2.24) is 24.8 Å². The van der Waals surface area contributed by atoms with Crippen LogP contribution in [-0.4, -0.2) is 25.4 Å². The molecule has 0 aliphatic heterocycles. The van der Waals surface area contributed by atoms with E-state index in [2.05, 4.69) is 15.3 Å². The minimum absolute atomic E-state index is 0.0953. The number of thiazole rings is 1. The van der Waals surface area contributed by atoms with Crippen molar-refractivity contribution in [3.05, 3.63) is 77.9 Å². The molecule has 2 aromatic carbocycles. The quantitative estimate of drug-likeness (QED) is 0.458. The van der Waals surface area contributed by atoms with Gasteiger partial charge in [0.05, 0.1) is 27.3 Å². The first-order chi connectivity index (χ1) is 14.7. The van der Waals surface area contributed by atoms with Gasteiger partial charge in [-0.3, -0.25) is 9.78 Å². The van der Waals surface area contributed by atoms with E-state index in [9.17, 15) is 4.79 Å². The summed E-state index contributed by atoms with van der Waals surface area (Å²) in [7, 11) is 0. The fourth-order valence-corrected chi connectivity index (χ4v) is 4.46. The lowest BCUT2D eigenvalue weighted by Crippen LogP contribution is -2.30. The molecule has 1 N–H and O–H groups in total. The van der Waals surface area contributed by atoms with Gasteiger partial charge in [-0.25, -0.2) is 9.97 Å². The third kappa shape index (κ3) is 3.44. The maximum absolute atomic E-state index is 12.9. The molecule has 3 aromatic heterocycles. The van der Waals surface area contributed by atoms with Gasteiger partial charge in [-0.2, -0.15) is 0 Å². The molecule has 0 radical (unpaired) electrons. The molecule has 3 heterocycles. The molecule has 6 nitrogen and oxygen atoms in total. The van der Waals surface area contributed by atoms with Crippen LogP contribution in [0.1, 0.15) is 18.0 Å². The topological polar surface area (TPSA) is 72.7 Å². The van der Waals surface area contributed by atoms with Crippen molar-refractivity contribution in [3.63, 3.8) is 0 Å². The van der Waals surface area contributed by atoms with E-state index in [0.717, 1.165) is 32.0 Å². The number of aromatic nitrogens is 4. The van der Waals surface area contributed by atoms with Crippen LogP contribution in [0.25, 0.3) is 32.8 Å². The molecule has 148 valence electrons. The van der Waals surface area contributed by atoms with Gasteiger partial charge in [-0.1, -0.05) is 30.3 Å². The van der Waals surface area contributed by atoms with E-state index in [4.69, 9.17) is 4.98 Å². The number of carbonyl (C=O) groups excluding carboxylic acids is 1. The Morgan fingerprint density at radius 2 is 1.77 bits per heavy atom. The van der Waals surface area contributed by atoms with Gasteiger partial charge in [0, 0.05) is 6.20 Å². The standard InChI is InChI=1S/C23H19N5OS/c1-15(23-27-17-9-3-5-12-20(17)30-23)25-21(29)14-28-19-11-4-2-8-16(19)26-22(28)18-10-6-7-13-24-18/h2-13,15H,14H2,1H3,(H,25,29)/t15-/m0/s1. The molecule has 0 unspecified atom stereocenters. The van der Waals surface area contributed by atoms with E-state index < -0.39 is 0 Å². The average Bonchev–Trinajstić information content (AvgIpc) is 3.36. The molecule has 0 aliphatic rings. The van der Waals surface area contributed by atoms with Crippen molar-refractivity contribution < 1.29 is 4.79 Å². The number of amides is 1. The number of rotatable bonds is 5. The number of nitrogens with zero attached hydrogens (tertiary/aromatic N) is 4. The lowest BCUT2D eigenvalue weighted by Gasteiger charge is -2.13. The van der Waals surface area contributed by atoms with Crippen molar-refractivity contribution in [1.29, 1.82) is 0 Å². The number of hydrogen-bond donors (Lipinski definition) is 1. The average molecular weight is 414 g/mol. The van der Waals surface area contributed by atoms with Gasteiger partial charge >= 0.3 is 0 Å². The highest BCUT2D eigenvalue weighted by Gasteiger charge is 2.18. The van der Waals surface area contributed by atoms with Crippen LogP contribution in [0.15, 0.2) is 72.9 Å². The Balaban J connectivity index is 1.43. The largest absolute Gasteiger partial charge is 0.346 e. The first kappa shape index (κ1) is 18.4. The second-order valence-electron chi connectivity index (χ2n) is 7.03. The molecule has 1 amide bonds. The van der Waals surface area contributed by atoms with Gasteiger partial charge in [0.25, 0.3) is 0 Å². The van der Waals surface area contributed by atoms with Crippen LogP contribution in [0.2, 0.25) is 0 Å². The number of carbonyl (C=O) groups is 1. The summed E-state index contributed by atoms with van der Waals surface area (Å²) in [5.41, 5.74) is 3.43. The minimum Gasteiger partial charge on any atom is -0.346 e. The number of para-hydroxylation sites is 3. The molecular weight excluding hydrogens is 394 g/mol. The van der Waals surface area contributed by atoms with Crippen LogP contribution in [0.4, 0.5) is 0 Å². The predicted octanol–water partition coefficient (Wildman–Crippen LogP) is 4.59. The molecule has 1 atom stereocenters. The summed E-state index contributed by atoms with van der Waals surface area (Å²) < 4.78 is 3.03. The SMILES string of the molecule is C[C@H](NC(=O)Cn1c(-c2ccccn2)nc2ccccc21)c1nc2ccccc2s1. The van der Waals surface area contributed by atoms with Crippen molar-refractivity contribution in [2.75, 3.05) is 0 Å². The minimum atomic E-state index is -0.178. The molecule has 0 bridgehead atoms. The van der Waals surface area contributed by atoms with Crippen molar-refractivity contribution in [2.24, 2.45) is 0 Å². The van der Waals surface area contributed by atoms with E-state index in [1.807, 2.05) is 78.2 Å². The van der Waals surface area contributed by atoms with Gasteiger partial charge in [0.15, 0.2) is 5.82 Å². The summed E-state index contributed by atoms with van der Waals surface area (Å²) in [6.07, 6.45) is 1.73. The number of fused-ring (bicyclic) bond motifs is 2. The molecular formula is C23H19N5OS. The maximum atomic E-state index is 12.9. The molecule has 7 heteroatoms. The maximum Gasteiger partial charge on any atom is 0.240 e. The Morgan fingerprint density at radius 1 is 1.00 bits per heavy atom. The predicted molar refractivity (Wildman–Crippen MR) is 119 cm³/mol. The smallest absolute Gasteiger partial charge is 0.240 e. The Morgan fingerprint density at radius 3 is 2.57 bits per heavy atom. The number of imidazole rings is 1. The zero-order chi connectivity index (χ0) is 20.5. The molecule has 0 saturated carbocycles. The van der Waals surface area contributed by atoms with Crippen LogP contribution < -0.4 is 5.32 Å². The molecule has 0 spiro atoms. The second kappa shape index (κ2) is 7.68. The van der Waals surface area contributed by atoms with E-state index >= 15 is 0 Å². The summed E-state index contributed by atoms with van der Waals surface area (Å²) in [6.45, 7) is 2.11. The molecule has 0 fully saturated rings. The Labute approximate surface area is 177 Å². The summed E-state index contributed by atoms with van der Waals surface area (Å²) in [5.74, 6) is 0.585. The number of pyridine rings is 1. The third-order valence-electron chi connectivity index (χ3n) is 4.91. The van der Waals surface area contributed by atoms with E-state index in [0.29, 0.717) is 5.82 Å². The highest BCUT2D eigenvalue weighted by Crippen LogP contribution is 2.27. The fourth-order valence-electron chi connectivity index (χ4n) is 3.49. The Hall–Kier alpha value is -3.58. The van der Waals surface area contributed by atoms with Crippen LogP contribution in [-0.2, 0) is 11.3 Å². The molecule has 0 saturated heterocycles. The summed E-state index contributed by atoms with van der Waals surface area (Å²) in [4.78, 5) is 26.7. The number of hydrogen-bond acceptors (Lipinski definition) is 5. The Bertz CT molecular complexity index is 1310. The molecule has 5 aromatic rings. The van der Waals surface area contributed by atoms with Gasteiger partial charge in [0.1, 0.15) is 17.2 Å². The second-order valence-corrected chi connectivity index (χ2v) is 8.10. The summed E-state index contributed by atoms with van der Waals surface area (Å²) in [5, 5.41) is 3.97.